The predicted molar refractivity (Wildman–Crippen MR) is 79.9 cm³/mol. The van der Waals surface area contributed by atoms with Crippen LogP contribution in [0.1, 0.15) is 18.5 Å². The molecule has 0 aliphatic heterocycles. The lowest BCUT2D eigenvalue weighted by Crippen LogP contribution is -2.07. The number of hydrogen-bond donors (Lipinski definition) is 1. The fraction of sp³-hybridized carbons (Fsp3) is 0.143. The van der Waals surface area contributed by atoms with Gasteiger partial charge in [0.15, 0.2) is 0 Å². The Kier molecular flexibility index (Phi) is 4.56. The first-order valence-corrected chi connectivity index (χ1v) is 6.76. The number of nitrogens with one attached hydrogen (secondary N) is 1. The summed E-state index contributed by atoms with van der Waals surface area (Å²) in [6.07, 6.45) is 0. The van der Waals surface area contributed by atoms with E-state index in [0.717, 1.165) is 5.56 Å². The van der Waals surface area contributed by atoms with E-state index in [-0.39, 0.29) is 11.9 Å². The van der Waals surface area contributed by atoms with Gasteiger partial charge in [0.05, 0.1) is 0 Å². The van der Waals surface area contributed by atoms with Crippen molar-refractivity contribution in [2.24, 2.45) is 0 Å². The first-order chi connectivity index (χ1) is 8.95. The summed E-state index contributed by atoms with van der Waals surface area (Å²) in [5.41, 5.74) is 1.48. The van der Waals surface area contributed by atoms with E-state index in [1.165, 1.54) is 12.1 Å². The van der Waals surface area contributed by atoms with Gasteiger partial charge in [-0.2, -0.15) is 0 Å². The van der Waals surface area contributed by atoms with E-state index in [9.17, 15) is 4.39 Å². The fourth-order valence-corrected chi connectivity index (χ4v) is 2.61. The number of rotatable bonds is 3. The van der Waals surface area contributed by atoms with Crippen molar-refractivity contribution in [2.75, 3.05) is 5.32 Å². The highest BCUT2D eigenvalue weighted by atomic mass is 35.5. The maximum atomic E-state index is 13.2. The number of anilines is 1. The Labute approximate surface area is 126 Å². The zero-order chi connectivity index (χ0) is 14.0. The lowest BCUT2D eigenvalue weighted by atomic mass is 10.1. The molecule has 2 rings (SSSR count). The van der Waals surface area contributed by atoms with Gasteiger partial charge in [-0.25, -0.2) is 4.39 Å². The molecular weight excluding hydrogens is 308 g/mol. The lowest BCUT2D eigenvalue weighted by Gasteiger charge is -2.17. The van der Waals surface area contributed by atoms with Crippen LogP contribution >= 0.6 is 34.8 Å². The van der Waals surface area contributed by atoms with Crippen molar-refractivity contribution >= 4 is 40.5 Å². The van der Waals surface area contributed by atoms with Crippen LogP contribution in [-0.2, 0) is 0 Å². The molecule has 0 saturated heterocycles. The van der Waals surface area contributed by atoms with Crippen molar-refractivity contribution in [1.82, 2.24) is 0 Å². The molecule has 0 fully saturated rings. The molecule has 0 amide bonds. The van der Waals surface area contributed by atoms with Crippen LogP contribution in [0.4, 0.5) is 10.1 Å². The Morgan fingerprint density at radius 3 is 2.37 bits per heavy atom. The van der Waals surface area contributed by atoms with E-state index in [2.05, 4.69) is 5.32 Å². The highest BCUT2D eigenvalue weighted by Gasteiger charge is 2.10. The maximum absolute atomic E-state index is 13.2. The van der Waals surface area contributed by atoms with Gasteiger partial charge in [-0.05, 0) is 42.8 Å². The van der Waals surface area contributed by atoms with E-state index in [0.29, 0.717) is 20.8 Å². The zero-order valence-corrected chi connectivity index (χ0v) is 12.3. The van der Waals surface area contributed by atoms with E-state index >= 15 is 0 Å². The quantitative estimate of drug-likeness (QED) is 0.736. The number of halogens is 4. The molecule has 0 radical (unpaired) electrons. The summed E-state index contributed by atoms with van der Waals surface area (Å²) in [4.78, 5) is 0. The molecule has 100 valence electrons. The third-order valence-electron chi connectivity index (χ3n) is 2.67. The van der Waals surface area contributed by atoms with Crippen LogP contribution in [0.5, 0.6) is 0 Å². The fourth-order valence-electron chi connectivity index (χ4n) is 1.82. The molecule has 2 aromatic rings. The van der Waals surface area contributed by atoms with Crippen molar-refractivity contribution in [3.63, 3.8) is 0 Å². The van der Waals surface area contributed by atoms with Crippen LogP contribution in [0, 0.1) is 5.82 Å². The number of benzene rings is 2. The second-order valence-corrected chi connectivity index (χ2v) is 5.47. The minimum Gasteiger partial charge on any atom is -0.378 e. The summed E-state index contributed by atoms with van der Waals surface area (Å²) in [7, 11) is 0. The van der Waals surface area contributed by atoms with Crippen molar-refractivity contribution < 1.29 is 4.39 Å². The van der Waals surface area contributed by atoms with Crippen LogP contribution in [0.25, 0.3) is 0 Å². The van der Waals surface area contributed by atoms with Gasteiger partial charge in [0.1, 0.15) is 5.82 Å². The Morgan fingerprint density at radius 2 is 1.74 bits per heavy atom. The van der Waals surface area contributed by atoms with Crippen molar-refractivity contribution in [3.05, 3.63) is 62.8 Å². The standard InChI is InChI=1S/C14H11Cl3FN/c1-8(13-3-2-9(15)6-14(13)17)19-12-5-10(16)4-11(18)7-12/h2-8,19H,1H3. The largest absolute Gasteiger partial charge is 0.378 e. The topological polar surface area (TPSA) is 12.0 Å². The summed E-state index contributed by atoms with van der Waals surface area (Å²) < 4.78 is 13.2. The highest BCUT2D eigenvalue weighted by molar-refractivity contribution is 6.35. The minimum atomic E-state index is -0.385. The first kappa shape index (κ1) is 14.4. The monoisotopic (exact) mass is 317 g/mol. The molecular formula is C14H11Cl3FN. The van der Waals surface area contributed by atoms with Crippen LogP contribution < -0.4 is 5.32 Å². The van der Waals surface area contributed by atoms with Crippen molar-refractivity contribution in [3.8, 4) is 0 Å². The molecule has 1 N–H and O–H groups in total. The summed E-state index contributed by atoms with van der Waals surface area (Å²) >= 11 is 17.8. The number of hydrogen-bond acceptors (Lipinski definition) is 1. The first-order valence-electron chi connectivity index (χ1n) is 5.63. The molecule has 0 heterocycles. The summed E-state index contributed by atoms with van der Waals surface area (Å²) in [5, 5.41) is 4.64. The van der Waals surface area contributed by atoms with E-state index < -0.39 is 0 Å². The molecule has 0 spiro atoms. The van der Waals surface area contributed by atoms with Gasteiger partial charge < -0.3 is 5.32 Å². The molecule has 0 bridgehead atoms. The molecule has 1 nitrogen and oxygen atoms in total. The van der Waals surface area contributed by atoms with Gasteiger partial charge in [0.2, 0.25) is 0 Å². The van der Waals surface area contributed by atoms with Gasteiger partial charge in [-0.3, -0.25) is 0 Å². The smallest absolute Gasteiger partial charge is 0.126 e. The molecule has 0 aliphatic rings. The zero-order valence-electron chi connectivity index (χ0n) is 10.1. The minimum absolute atomic E-state index is 0.0948. The average molecular weight is 319 g/mol. The van der Waals surface area contributed by atoms with Gasteiger partial charge in [-0.1, -0.05) is 40.9 Å². The highest BCUT2D eigenvalue weighted by Crippen LogP contribution is 2.29. The van der Waals surface area contributed by atoms with Crippen LogP contribution in [0.3, 0.4) is 0 Å². The second-order valence-electron chi connectivity index (χ2n) is 4.19. The Balaban J connectivity index is 2.22. The van der Waals surface area contributed by atoms with Gasteiger partial charge in [0.25, 0.3) is 0 Å². The molecule has 1 unspecified atom stereocenters. The van der Waals surface area contributed by atoms with Gasteiger partial charge >= 0.3 is 0 Å². The summed E-state index contributed by atoms with van der Waals surface area (Å²) in [6.45, 7) is 1.92. The Morgan fingerprint density at radius 1 is 1.00 bits per heavy atom. The van der Waals surface area contributed by atoms with Gasteiger partial charge in [-0.15, -0.1) is 0 Å². The predicted octanol–water partition coefficient (Wildman–Crippen LogP) is 5.96. The SMILES string of the molecule is CC(Nc1cc(F)cc(Cl)c1)c1ccc(Cl)cc1Cl. The molecule has 2 aromatic carbocycles. The Bertz CT molecular complexity index is 581. The van der Waals surface area contributed by atoms with Gasteiger partial charge in [0, 0.05) is 26.8 Å². The normalized spacial score (nSPS) is 12.3. The van der Waals surface area contributed by atoms with Crippen LogP contribution in [0.15, 0.2) is 36.4 Å². The Hall–Kier alpha value is -0.960. The molecule has 0 saturated carbocycles. The van der Waals surface area contributed by atoms with E-state index in [4.69, 9.17) is 34.8 Å². The maximum Gasteiger partial charge on any atom is 0.126 e. The molecule has 5 heteroatoms. The second kappa shape index (κ2) is 6.00. The summed E-state index contributed by atoms with van der Waals surface area (Å²) in [6, 6.07) is 9.48. The summed E-state index contributed by atoms with van der Waals surface area (Å²) in [5.74, 6) is -0.385. The lowest BCUT2D eigenvalue weighted by molar-refractivity contribution is 0.628. The third-order valence-corrected chi connectivity index (χ3v) is 3.46. The van der Waals surface area contributed by atoms with E-state index in [1.54, 1.807) is 18.2 Å². The third kappa shape index (κ3) is 3.75. The molecule has 1 atom stereocenters. The average Bonchev–Trinajstić information content (AvgIpc) is 2.26. The molecule has 19 heavy (non-hydrogen) atoms. The van der Waals surface area contributed by atoms with Crippen LogP contribution in [-0.4, -0.2) is 0 Å². The van der Waals surface area contributed by atoms with E-state index in [1.807, 2.05) is 13.0 Å². The van der Waals surface area contributed by atoms with Crippen molar-refractivity contribution in [1.29, 1.82) is 0 Å². The van der Waals surface area contributed by atoms with Crippen molar-refractivity contribution in [2.45, 2.75) is 13.0 Å². The molecule has 0 aliphatic carbocycles. The molecule has 0 aromatic heterocycles. The van der Waals surface area contributed by atoms with Crippen LogP contribution in [0.2, 0.25) is 15.1 Å².